The summed E-state index contributed by atoms with van der Waals surface area (Å²) >= 11 is 0. The van der Waals surface area contributed by atoms with Gasteiger partial charge in [-0.15, -0.1) is 0 Å². The molecule has 0 aliphatic heterocycles. The molecule has 0 nitrogen and oxygen atoms in total. The largest absolute Gasteiger partial charge is 0.207 e. The van der Waals surface area contributed by atoms with Gasteiger partial charge in [-0.3, -0.25) is 0 Å². The Morgan fingerprint density at radius 1 is 0.609 bits per heavy atom. The van der Waals surface area contributed by atoms with Crippen molar-refractivity contribution in [1.82, 2.24) is 0 Å². The molecule has 0 fully saturated rings. The molecule has 0 heterocycles. The highest BCUT2D eigenvalue weighted by atomic mass is 19.1. The first kappa shape index (κ1) is 15.5. The normalized spacial score (nSPS) is 10.8. The minimum atomic E-state index is -0.188. The second-order valence-corrected chi connectivity index (χ2v) is 6.28. The lowest BCUT2D eigenvalue weighted by Crippen LogP contribution is -1.94. The summed E-state index contributed by atoms with van der Waals surface area (Å²) in [6, 6.07) is 17.8. The van der Waals surface area contributed by atoms with Gasteiger partial charge < -0.3 is 0 Å². The number of hydrogen-bond acceptors (Lipinski definition) is 0. The Balaban J connectivity index is 2.28. The van der Waals surface area contributed by atoms with Gasteiger partial charge in [-0.05, 0) is 78.8 Å². The molecule has 116 valence electrons. The molecule has 0 bridgehead atoms. The monoisotopic (exact) mass is 304 g/mol. The summed E-state index contributed by atoms with van der Waals surface area (Å²) in [5.41, 5.74) is 9.50. The van der Waals surface area contributed by atoms with Crippen molar-refractivity contribution in [3.63, 3.8) is 0 Å². The first-order valence-corrected chi connectivity index (χ1v) is 7.91. The van der Waals surface area contributed by atoms with E-state index >= 15 is 0 Å². The van der Waals surface area contributed by atoms with Crippen molar-refractivity contribution in [3.05, 3.63) is 82.7 Å². The number of rotatable bonds is 2. The van der Waals surface area contributed by atoms with Crippen LogP contribution in [-0.2, 0) is 0 Å². The maximum absolute atomic E-state index is 13.5. The molecule has 3 rings (SSSR count). The van der Waals surface area contributed by atoms with Gasteiger partial charge in [0.2, 0.25) is 0 Å². The van der Waals surface area contributed by atoms with E-state index < -0.39 is 0 Å². The van der Waals surface area contributed by atoms with Crippen LogP contribution in [0, 0.1) is 33.5 Å². The van der Waals surface area contributed by atoms with Crippen LogP contribution >= 0.6 is 0 Å². The smallest absolute Gasteiger partial charge is 0.123 e. The van der Waals surface area contributed by atoms with E-state index in [9.17, 15) is 4.39 Å². The Morgan fingerprint density at radius 3 is 1.83 bits per heavy atom. The summed E-state index contributed by atoms with van der Waals surface area (Å²) in [6.45, 7) is 8.40. The average molecular weight is 304 g/mol. The van der Waals surface area contributed by atoms with Gasteiger partial charge in [0.05, 0.1) is 0 Å². The van der Waals surface area contributed by atoms with Gasteiger partial charge in [0, 0.05) is 0 Å². The fourth-order valence-electron chi connectivity index (χ4n) is 3.47. The molecule has 0 aromatic heterocycles. The Labute approximate surface area is 137 Å². The molecule has 0 amide bonds. The molecule has 3 aromatic rings. The number of benzene rings is 3. The van der Waals surface area contributed by atoms with Gasteiger partial charge in [0.25, 0.3) is 0 Å². The fraction of sp³-hybridized carbons (Fsp3) is 0.182. The third kappa shape index (κ3) is 2.92. The summed E-state index contributed by atoms with van der Waals surface area (Å²) < 4.78 is 13.5. The van der Waals surface area contributed by atoms with E-state index in [0.29, 0.717) is 0 Å². The van der Waals surface area contributed by atoms with Crippen molar-refractivity contribution in [2.45, 2.75) is 27.7 Å². The van der Waals surface area contributed by atoms with Gasteiger partial charge in [-0.25, -0.2) is 4.39 Å². The second kappa shape index (κ2) is 6.00. The van der Waals surface area contributed by atoms with Gasteiger partial charge in [-0.1, -0.05) is 48.0 Å². The van der Waals surface area contributed by atoms with E-state index in [1.54, 1.807) is 6.07 Å². The first-order valence-electron chi connectivity index (χ1n) is 7.91. The Morgan fingerprint density at radius 2 is 1.22 bits per heavy atom. The Bertz CT molecular complexity index is 852. The van der Waals surface area contributed by atoms with Gasteiger partial charge in [0.1, 0.15) is 5.82 Å². The molecule has 0 N–H and O–H groups in total. The first-order chi connectivity index (χ1) is 11.0. The molecule has 23 heavy (non-hydrogen) atoms. The molecule has 0 aliphatic carbocycles. The van der Waals surface area contributed by atoms with Crippen LogP contribution in [0.25, 0.3) is 22.3 Å². The average Bonchev–Trinajstić information content (AvgIpc) is 2.47. The highest BCUT2D eigenvalue weighted by Gasteiger charge is 2.13. The third-order valence-electron chi connectivity index (χ3n) is 4.35. The molecule has 0 radical (unpaired) electrons. The van der Waals surface area contributed by atoms with Crippen LogP contribution in [-0.4, -0.2) is 0 Å². The summed E-state index contributed by atoms with van der Waals surface area (Å²) in [5, 5.41) is 0. The molecule has 0 aliphatic rings. The van der Waals surface area contributed by atoms with E-state index in [0.717, 1.165) is 16.7 Å². The van der Waals surface area contributed by atoms with E-state index in [-0.39, 0.29) is 5.82 Å². The van der Waals surface area contributed by atoms with Crippen LogP contribution in [0.3, 0.4) is 0 Å². The molecular formula is C22H21F. The number of aryl methyl sites for hydroxylation is 4. The lowest BCUT2D eigenvalue weighted by Gasteiger charge is -2.17. The van der Waals surface area contributed by atoms with Crippen LogP contribution in [0.1, 0.15) is 22.3 Å². The quantitative estimate of drug-likeness (QED) is 0.514. The summed E-state index contributed by atoms with van der Waals surface area (Å²) in [5.74, 6) is -0.188. The molecule has 3 aromatic carbocycles. The molecule has 0 unspecified atom stereocenters. The highest BCUT2D eigenvalue weighted by Crippen LogP contribution is 2.37. The van der Waals surface area contributed by atoms with Gasteiger partial charge >= 0.3 is 0 Å². The Kier molecular flexibility index (Phi) is 4.04. The van der Waals surface area contributed by atoms with Crippen LogP contribution in [0.4, 0.5) is 4.39 Å². The predicted octanol–water partition coefficient (Wildman–Crippen LogP) is 6.39. The maximum atomic E-state index is 13.5. The summed E-state index contributed by atoms with van der Waals surface area (Å²) in [4.78, 5) is 0. The van der Waals surface area contributed by atoms with E-state index in [4.69, 9.17) is 0 Å². The van der Waals surface area contributed by atoms with Crippen molar-refractivity contribution in [2.24, 2.45) is 0 Å². The molecule has 0 spiro atoms. The zero-order valence-corrected chi connectivity index (χ0v) is 14.1. The zero-order valence-electron chi connectivity index (χ0n) is 14.1. The van der Waals surface area contributed by atoms with Crippen molar-refractivity contribution >= 4 is 0 Å². The highest BCUT2D eigenvalue weighted by molar-refractivity contribution is 5.87. The molecule has 0 saturated carbocycles. The minimum Gasteiger partial charge on any atom is -0.207 e. The van der Waals surface area contributed by atoms with Crippen LogP contribution in [0.2, 0.25) is 0 Å². The van der Waals surface area contributed by atoms with E-state index in [1.807, 2.05) is 19.1 Å². The van der Waals surface area contributed by atoms with Crippen LogP contribution < -0.4 is 0 Å². The van der Waals surface area contributed by atoms with Gasteiger partial charge in [-0.2, -0.15) is 0 Å². The van der Waals surface area contributed by atoms with Crippen molar-refractivity contribution in [2.75, 3.05) is 0 Å². The topological polar surface area (TPSA) is 0 Å². The minimum absolute atomic E-state index is 0.188. The second-order valence-electron chi connectivity index (χ2n) is 6.28. The van der Waals surface area contributed by atoms with Crippen molar-refractivity contribution in [1.29, 1.82) is 0 Å². The van der Waals surface area contributed by atoms with Gasteiger partial charge in [0.15, 0.2) is 0 Å². The van der Waals surface area contributed by atoms with Crippen molar-refractivity contribution < 1.29 is 4.39 Å². The number of hydrogen-bond donors (Lipinski definition) is 0. The van der Waals surface area contributed by atoms with Crippen LogP contribution in [0.15, 0.2) is 54.6 Å². The molecular weight excluding hydrogens is 283 g/mol. The summed E-state index contributed by atoms with van der Waals surface area (Å²) in [6.07, 6.45) is 0. The lowest BCUT2D eigenvalue weighted by atomic mass is 9.87. The maximum Gasteiger partial charge on any atom is 0.123 e. The summed E-state index contributed by atoms with van der Waals surface area (Å²) in [7, 11) is 0. The third-order valence-corrected chi connectivity index (χ3v) is 4.35. The standard InChI is InChI=1S/C22H21F/c1-14-11-16(3)22(17(4)12-14)21-8-6-5-7-20(21)19-10-9-18(23)13-15(19)2/h5-13H,1-4H3. The predicted molar refractivity (Wildman–Crippen MR) is 96.2 cm³/mol. The molecule has 0 atom stereocenters. The SMILES string of the molecule is Cc1cc(C)c(-c2ccccc2-c2ccc(F)cc2C)c(C)c1. The Hall–Kier alpha value is -2.41. The number of halogens is 1. The van der Waals surface area contributed by atoms with Crippen LogP contribution in [0.5, 0.6) is 0 Å². The lowest BCUT2D eigenvalue weighted by molar-refractivity contribution is 0.627. The van der Waals surface area contributed by atoms with Crippen molar-refractivity contribution in [3.8, 4) is 22.3 Å². The molecule has 0 saturated heterocycles. The van der Waals surface area contributed by atoms with E-state index in [2.05, 4.69) is 51.1 Å². The fourth-order valence-corrected chi connectivity index (χ4v) is 3.47. The zero-order chi connectivity index (χ0) is 16.6. The van der Waals surface area contributed by atoms with E-state index in [1.165, 1.54) is 33.9 Å². The molecule has 1 heteroatoms.